The van der Waals surface area contributed by atoms with Crippen LogP contribution in [0, 0.1) is 0 Å². The molecular weight excluding hydrogens is 166 g/mol. The molecule has 3 heteroatoms. The minimum Gasteiger partial charge on any atom is -0.458 e. The quantitative estimate of drug-likeness (QED) is 0.549. The molecule has 0 saturated heterocycles. The third-order valence-electron chi connectivity index (χ3n) is 2.15. The topological polar surface area (TPSA) is 38.7 Å². The first-order chi connectivity index (χ1) is 6.36. The van der Waals surface area contributed by atoms with Gasteiger partial charge >= 0.3 is 5.91 Å². The Morgan fingerprint density at radius 3 is 3.15 bits per heavy atom. The lowest BCUT2D eigenvalue weighted by Gasteiger charge is -2.04. The molecule has 1 aromatic rings. The monoisotopic (exact) mass is 171 g/mol. The molecule has 0 unspecified atom stereocenters. The van der Waals surface area contributed by atoms with Crippen molar-refractivity contribution in [3.8, 4) is 0 Å². The van der Waals surface area contributed by atoms with Crippen molar-refractivity contribution in [2.75, 3.05) is 0 Å². The molecule has 0 N–H and O–H groups in total. The van der Waals surface area contributed by atoms with Gasteiger partial charge in [0, 0.05) is 0 Å². The summed E-state index contributed by atoms with van der Waals surface area (Å²) >= 11 is 0. The van der Waals surface area contributed by atoms with Crippen LogP contribution >= 0.6 is 0 Å². The van der Waals surface area contributed by atoms with Crippen molar-refractivity contribution in [2.45, 2.75) is 0 Å². The second-order valence-corrected chi connectivity index (χ2v) is 2.91. The number of hydrogen-bond acceptors (Lipinski definition) is 2. The third-order valence-corrected chi connectivity index (χ3v) is 2.15. The molecular formula is C10H5NO2. The number of hydrogen-bond donors (Lipinski definition) is 0. The van der Waals surface area contributed by atoms with Crippen LogP contribution in [-0.4, -0.2) is 5.91 Å². The van der Waals surface area contributed by atoms with E-state index in [1.54, 1.807) is 0 Å². The highest BCUT2D eigenvalue weighted by molar-refractivity contribution is 6.13. The highest BCUT2D eigenvalue weighted by Gasteiger charge is 2.20. The maximum absolute atomic E-state index is 11.3. The van der Waals surface area contributed by atoms with E-state index < -0.39 is 0 Å². The Hall–Kier alpha value is -1.90. The summed E-state index contributed by atoms with van der Waals surface area (Å²) in [6.45, 7) is 0. The van der Waals surface area contributed by atoms with Crippen molar-refractivity contribution in [3.63, 3.8) is 0 Å². The lowest BCUT2D eigenvalue weighted by atomic mass is 10.1. The minimum absolute atomic E-state index is 0.285. The van der Waals surface area contributed by atoms with Gasteiger partial charge in [0.1, 0.15) is 0 Å². The smallest absolute Gasteiger partial charge is 0.313 e. The first-order valence-corrected chi connectivity index (χ1v) is 3.96. The molecule has 0 aliphatic carbocycles. The maximum atomic E-state index is 11.3. The first-order valence-electron chi connectivity index (χ1n) is 3.96. The normalized spacial score (nSPS) is 16.6. The molecule has 0 fully saturated rings. The van der Waals surface area contributed by atoms with Crippen LogP contribution in [0.1, 0.15) is 5.56 Å². The van der Waals surface area contributed by atoms with E-state index in [1.165, 1.54) is 6.26 Å². The van der Waals surface area contributed by atoms with Gasteiger partial charge in [-0.1, -0.05) is 12.1 Å². The van der Waals surface area contributed by atoms with Crippen molar-refractivity contribution in [1.29, 1.82) is 0 Å². The number of rotatable bonds is 0. The second kappa shape index (κ2) is 2.07. The Labute approximate surface area is 73.7 Å². The van der Waals surface area contributed by atoms with Gasteiger partial charge in [-0.2, -0.15) is 0 Å². The molecule has 1 amide bonds. The van der Waals surface area contributed by atoms with Crippen molar-refractivity contribution >= 4 is 17.7 Å². The van der Waals surface area contributed by atoms with Crippen LogP contribution in [-0.2, 0) is 9.53 Å². The van der Waals surface area contributed by atoms with Crippen molar-refractivity contribution in [3.05, 3.63) is 40.6 Å². The van der Waals surface area contributed by atoms with Crippen LogP contribution in [0.3, 0.4) is 0 Å². The molecule has 2 aliphatic rings. The minimum atomic E-state index is -0.285. The first kappa shape index (κ1) is 6.60. The van der Waals surface area contributed by atoms with E-state index in [1.807, 2.05) is 24.3 Å². The van der Waals surface area contributed by atoms with E-state index in [-0.39, 0.29) is 5.91 Å². The lowest BCUT2D eigenvalue weighted by Crippen LogP contribution is -2.27. The summed E-state index contributed by atoms with van der Waals surface area (Å²) in [5.41, 5.74) is 0.994. The van der Waals surface area contributed by atoms with Crippen LogP contribution in [0.15, 0.2) is 29.5 Å². The summed E-state index contributed by atoms with van der Waals surface area (Å²) in [5, 5.41) is 1.54. The number of carbonyl (C=O) groups excluding carboxylic acids is 1. The van der Waals surface area contributed by atoms with E-state index in [4.69, 9.17) is 4.74 Å². The zero-order valence-electron chi connectivity index (χ0n) is 6.65. The fraction of sp³-hybridized carbons (Fsp3) is 0. The number of nitrogens with zero attached hydrogens (tertiary/aromatic N) is 1. The number of carbonyl (C=O) groups is 1. The van der Waals surface area contributed by atoms with Crippen molar-refractivity contribution < 1.29 is 9.53 Å². The van der Waals surface area contributed by atoms with Crippen LogP contribution < -0.4 is 10.6 Å². The van der Waals surface area contributed by atoms with Gasteiger partial charge < -0.3 is 4.74 Å². The van der Waals surface area contributed by atoms with Gasteiger partial charge in [-0.3, -0.25) is 4.79 Å². The third kappa shape index (κ3) is 0.731. The van der Waals surface area contributed by atoms with E-state index in [0.717, 1.165) is 10.8 Å². The van der Waals surface area contributed by atoms with Gasteiger partial charge in [0.05, 0.1) is 16.8 Å². The molecule has 0 saturated carbocycles. The molecule has 0 spiro atoms. The van der Waals surface area contributed by atoms with E-state index in [2.05, 4.69) is 4.99 Å². The fourth-order valence-electron chi connectivity index (χ4n) is 1.59. The molecule has 1 aromatic carbocycles. The summed E-state index contributed by atoms with van der Waals surface area (Å²) in [6, 6.07) is 5.63. The summed E-state index contributed by atoms with van der Waals surface area (Å²) < 4.78 is 5.11. The Kier molecular flexibility index (Phi) is 1.05. The van der Waals surface area contributed by atoms with Crippen LogP contribution in [0.25, 0.3) is 11.8 Å². The summed E-state index contributed by atoms with van der Waals surface area (Å²) in [5.74, 6) is 0.0694. The summed E-state index contributed by atoms with van der Waals surface area (Å²) in [6.07, 6.45) is 3.34. The van der Waals surface area contributed by atoms with Crippen LogP contribution in [0.2, 0.25) is 0 Å². The Morgan fingerprint density at radius 2 is 2.23 bits per heavy atom. The largest absolute Gasteiger partial charge is 0.458 e. The van der Waals surface area contributed by atoms with Gasteiger partial charge in [-0.15, -0.1) is 0 Å². The SMILES string of the molecule is O=C1N=c2cccc3c2=C1OC=C3. The van der Waals surface area contributed by atoms with Gasteiger partial charge in [0.15, 0.2) is 0 Å². The maximum Gasteiger partial charge on any atom is 0.313 e. The Balaban J connectivity index is 2.61. The molecule has 2 heterocycles. The molecule has 62 valence electrons. The predicted molar refractivity (Wildman–Crippen MR) is 45.8 cm³/mol. The molecule has 0 aromatic heterocycles. The lowest BCUT2D eigenvalue weighted by molar-refractivity contribution is -0.114. The molecule has 3 rings (SSSR count). The molecule has 0 atom stereocenters. The molecule has 3 nitrogen and oxygen atoms in total. The number of amides is 1. The van der Waals surface area contributed by atoms with Crippen molar-refractivity contribution in [2.24, 2.45) is 4.99 Å². The predicted octanol–water partition coefficient (Wildman–Crippen LogP) is -0.0445. The average molecular weight is 171 g/mol. The fourth-order valence-corrected chi connectivity index (χ4v) is 1.59. The van der Waals surface area contributed by atoms with Crippen LogP contribution in [0.5, 0.6) is 0 Å². The average Bonchev–Trinajstić information content (AvgIpc) is 2.47. The number of benzene rings is 1. The van der Waals surface area contributed by atoms with Gasteiger partial charge in [-0.05, 0) is 17.7 Å². The Morgan fingerprint density at radius 1 is 1.31 bits per heavy atom. The molecule has 2 aliphatic heterocycles. The zero-order chi connectivity index (χ0) is 8.84. The summed E-state index contributed by atoms with van der Waals surface area (Å²) in [4.78, 5) is 15.2. The highest BCUT2D eigenvalue weighted by Crippen LogP contribution is 2.10. The second-order valence-electron chi connectivity index (χ2n) is 2.91. The molecule has 13 heavy (non-hydrogen) atoms. The molecule has 0 radical (unpaired) electrons. The van der Waals surface area contributed by atoms with Gasteiger partial charge in [0.2, 0.25) is 5.76 Å². The van der Waals surface area contributed by atoms with Crippen molar-refractivity contribution in [1.82, 2.24) is 0 Å². The number of ether oxygens (including phenoxy) is 1. The zero-order valence-corrected chi connectivity index (χ0v) is 6.65. The molecule has 0 bridgehead atoms. The van der Waals surface area contributed by atoms with E-state index >= 15 is 0 Å². The van der Waals surface area contributed by atoms with E-state index in [9.17, 15) is 4.79 Å². The van der Waals surface area contributed by atoms with E-state index in [0.29, 0.717) is 11.1 Å². The Bertz CT molecular complexity index is 555. The standard InChI is InChI=1S/C10H5NO2/c12-10-9-8-6(4-5-13-9)2-1-3-7(8)11-10/h1-5H. The van der Waals surface area contributed by atoms with Gasteiger partial charge in [-0.25, -0.2) is 4.99 Å². The summed E-state index contributed by atoms with van der Waals surface area (Å²) in [7, 11) is 0. The highest BCUT2D eigenvalue weighted by atomic mass is 16.5. The van der Waals surface area contributed by atoms with Gasteiger partial charge in [0.25, 0.3) is 0 Å². The van der Waals surface area contributed by atoms with Crippen LogP contribution in [0.4, 0.5) is 0 Å².